The highest BCUT2D eigenvalue weighted by Crippen LogP contribution is 2.41. The maximum Gasteiger partial charge on any atom is 0.320 e. The summed E-state index contributed by atoms with van der Waals surface area (Å²) >= 11 is 0. The number of urea groups is 1. The van der Waals surface area contributed by atoms with E-state index in [-0.39, 0.29) is 35.8 Å². The van der Waals surface area contributed by atoms with Gasteiger partial charge < -0.3 is 19.4 Å². The van der Waals surface area contributed by atoms with Crippen LogP contribution in [0, 0.1) is 11.7 Å². The number of carbonyl (C=O) groups is 2. The molecule has 0 atom stereocenters. The van der Waals surface area contributed by atoms with Crippen molar-refractivity contribution in [3.05, 3.63) is 35.6 Å². The Morgan fingerprint density at radius 3 is 2.55 bits per heavy atom. The molecule has 0 bridgehead atoms. The van der Waals surface area contributed by atoms with Gasteiger partial charge in [0.1, 0.15) is 5.82 Å². The first-order chi connectivity index (χ1) is 15.0. The Bertz CT molecular complexity index is 829. The second kappa shape index (κ2) is 8.41. The SMILES string of the molecule is O=C(Cc1cccc(F)c1)N1CCC(N2C(=O)N(CC3CC3)CC23CCOCC3)CC1. The van der Waals surface area contributed by atoms with E-state index in [1.807, 2.05) is 4.90 Å². The van der Waals surface area contributed by atoms with Crippen LogP contribution in [0.15, 0.2) is 24.3 Å². The number of amides is 3. The Labute approximate surface area is 183 Å². The van der Waals surface area contributed by atoms with E-state index in [1.165, 1.54) is 25.0 Å². The van der Waals surface area contributed by atoms with Crippen LogP contribution in [-0.2, 0) is 16.0 Å². The lowest BCUT2D eigenvalue weighted by Crippen LogP contribution is -2.57. The van der Waals surface area contributed by atoms with Gasteiger partial charge in [-0.2, -0.15) is 0 Å². The first-order valence-corrected chi connectivity index (χ1v) is 11.7. The minimum Gasteiger partial charge on any atom is -0.381 e. The lowest BCUT2D eigenvalue weighted by atomic mass is 9.86. The van der Waals surface area contributed by atoms with E-state index in [0.717, 1.165) is 38.8 Å². The van der Waals surface area contributed by atoms with Crippen molar-refractivity contribution in [2.45, 2.75) is 56.5 Å². The molecule has 168 valence electrons. The minimum atomic E-state index is -0.311. The zero-order valence-corrected chi connectivity index (χ0v) is 18.1. The van der Waals surface area contributed by atoms with Gasteiger partial charge in [-0.05, 0) is 62.1 Å². The molecule has 1 aliphatic carbocycles. The maximum absolute atomic E-state index is 13.4. The summed E-state index contributed by atoms with van der Waals surface area (Å²) in [5.74, 6) is 0.407. The molecule has 3 aliphatic heterocycles. The fourth-order valence-electron chi connectivity index (χ4n) is 5.61. The number of rotatable bonds is 5. The van der Waals surface area contributed by atoms with Crippen molar-refractivity contribution in [2.75, 3.05) is 39.4 Å². The highest BCUT2D eigenvalue weighted by Gasteiger charge is 2.53. The van der Waals surface area contributed by atoms with Gasteiger partial charge in [-0.25, -0.2) is 9.18 Å². The van der Waals surface area contributed by atoms with Gasteiger partial charge in [0.2, 0.25) is 5.91 Å². The first kappa shape index (κ1) is 20.7. The lowest BCUT2D eigenvalue weighted by molar-refractivity contribution is -0.132. The predicted octanol–water partition coefficient (Wildman–Crippen LogP) is 3.06. The first-order valence-electron chi connectivity index (χ1n) is 11.7. The molecule has 3 amide bonds. The molecule has 1 saturated carbocycles. The summed E-state index contributed by atoms with van der Waals surface area (Å²) in [6, 6.07) is 6.62. The molecule has 31 heavy (non-hydrogen) atoms. The molecule has 5 rings (SSSR count). The fraction of sp³-hybridized carbons (Fsp3) is 0.667. The molecular formula is C24H32FN3O3. The predicted molar refractivity (Wildman–Crippen MR) is 114 cm³/mol. The van der Waals surface area contributed by atoms with Crippen LogP contribution in [0.1, 0.15) is 44.1 Å². The average molecular weight is 430 g/mol. The highest BCUT2D eigenvalue weighted by molar-refractivity contribution is 5.80. The van der Waals surface area contributed by atoms with Crippen molar-refractivity contribution in [2.24, 2.45) is 5.92 Å². The summed E-state index contributed by atoms with van der Waals surface area (Å²) in [7, 11) is 0. The van der Waals surface area contributed by atoms with E-state index in [0.29, 0.717) is 37.8 Å². The van der Waals surface area contributed by atoms with Gasteiger partial charge in [0.15, 0.2) is 0 Å². The van der Waals surface area contributed by atoms with Crippen LogP contribution in [0.25, 0.3) is 0 Å². The van der Waals surface area contributed by atoms with Gasteiger partial charge in [-0.15, -0.1) is 0 Å². The molecule has 3 heterocycles. The number of carbonyl (C=O) groups excluding carboxylic acids is 2. The smallest absolute Gasteiger partial charge is 0.320 e. The van der Waals surface area contributed by atoms with Crippen LogP contribution in [0.4, 0.5) is 9.18 Å². The van der Waals surface area contributed by atoms with E-state index in [4.69, 9.17) is 4.74 Å². The summed E-state index contributed by atoms with van der Waals surface area (Å²) in [5.41, 5.74) is 0.599. The van der Waals surface area contributed by atoms with Crippen LogP contribution < -0.4 is 0 Å². The Morgan fingerprint density at radius 1 is 1.13 bits per heavy atom. The Balaban J connectivity index is 1.24. The summed E-state index contributed by atoms with van der Waals surface area (Å²) in [6.07, 6.45) is 6.12. The molecule has 0 radical (unpaired) electrons. The normalized spacial score (nSPS) is 24.3. The molecule has 1 aromatic carbocycles. The molecule has 1 spiro atoms. The molecule has 0 N–H and O–H groups in total. The van der Waals surface area contributed by atoms with Gasteiger partial charge >= 0.3 is 6.03 Å². The van der Waals surface area contributed by atoms with Gasteiger partial charge in [-0.1, -0.05) is 12.1 Å². The van der Waals surface area contributed by atoms with Crippen LogP contribution in [0.2, 0.25) is 0 Å². The standard InChI is InChI=1S/C24H32FN3O3/c25-20-3-1-2-19(14-20)15-22(29)26-10-6-21(7-11-26)28-23(30)27(16-18-4-5-18)17-24(28)8-12-31-13-9-24/h1-3,14,18,21H,4-13,15-17H2. The van der Waals surface area contributed by atoms with Gasteiger partial charge in [0.05, 0.1) is 12.0 Å². The number of hydrogen-bond acceptors (Lipinski definition) is 3. The van der Waals surface area contributed by atoms with Gasteiger partial charge in [0.25, 0.3) is 0 Å². The molecule has 1 aromatic rings. The third-order valence-corrected chi connectivity index (χ3v) is 7.50. The van der Waals surface area contributed by atoms with Crippen LogP contribution in [-0.4, -0.2) is 77.6 Å². The second-order valence-corrected chi connectivity index (χ2v) is 9.73. The van der Waals surface area contributed by atoms with Gasteiger partial charge in [-0.3, -0.25) is 4.79 Å². The second-order valence-electron chi connectivity index (χ2n) is 9.73. The molecule has 6 nitrogen and oxygen atoms in total. The fourth-order valence-corrected chi connectivity index (χ4v) is 5.61. The largest absolute Gasteiger partial charge is 0.381 e. The highest BCUT2D eigenvalue weighted by atomic mass is 19.1. The number of hydrogen-bond donors (Lipinski definition) is 0. The van der Waals surface area contributed by atoms with E-state index >= 15 is 0 Å². The molecule has 4 fully saturated rings. The van der Waals surface area contributed by atoms with Gasteiger partial charge in [0, 0.05) is 45.4 Å². The number of nitrogens with zero attached hydrogens (tertiary/aromatic N) is 3. The lowest BCUT2D eigenvalue weighted by Gasteiger charge is -2.46. The van der Waals surface area contributed by atoms with Crippen molar-refractivity contribution in [1.82, 2.24) is 14.7 Å². The average Bonchev–Trinajstić information content (AvgIpc) is 3.54. The Morgan fingerprint density at radius 2 is 1.87 bits per heavy atom. The summed E-state index contributed by atoms with van der Waals surface area (Å²) < 4.78 is 19.1. The minimum absolute atomic E-state index is 0.0351. The van der Waals surface area contributed by atoms with Crippen molar-refractivity contribution in [3.8, 4) is 0 Å². The summed E-state index contributed by atoms with van der Waals surface area (Å²) in [5, 5.41) is 0. The molecule has 7 heteroatoms. The summed E-state index contributed by atoms with van der Waals surface area (Å²) in [4.78, 5) is 32.3. The molecule has 0 aromatic heterocycles. The molecule has 0 unspecified atom stereocenters. The number of piperidine rings is 1. The zero-order chi connectivity index (χ0) is 21.4. The summed E-state index contributed by atoms with van der Waals surface area (Å²) in [6.45, 7) is 4.45. The van der Waals surface area contributed by atoms with Crippen molar-refractivity contribution < 1.29 is 18.7 Å². The van der Waals surface area contributed by atoms with E-state index < -0.39 is 0 Å². The quantitative estimate of drug-likeness (QED) is 0.723. The third-order valence-electron chi connectivity index (χ3n) is 7.50. The van der Waals surface area contributed by atoms with E-state index in [2.05, 4.69) is 9.80 Å². The van der Waals surface area contributed by atoms with Crippen molar-refractivity contribution in [1.29, 1.82) is 0 Å². The molecular weight excluding hydrogens is 397 g/mol. The monoisotopic (exact) mass is 429 g/mol. The Hall–Kier alpha value is -2.15. The molecule has 4 aliphatic rings. The number of halogens is 1. The van der Waals surface area contributed by atoms with E-state index in [1.54, 1.807) is 12.1 Å². The zero-order valence-electron chi connectivity index (χ0n) is 18.1. The number of ether oxygens (including phenoxy) is 1. The van der Waals surface area contributed by atoms with Crippen molar-refractivity contribution >= 4 is 11.9 Å². The Kier molecular flexibility index (Phi) is 5.63. The number of likely N-dealkylation sites (tertiary alicyclic amines) is 1. The maximum atomic E-state index is 13.4. The van der Waals surface area contributed by atoms with Crippen LogP contribution in [0.5, 0.6) is 0 Å². The molecule has 3 saturated heterocycles. The van der Waals surface area contributed by atoms with E-state index in [9.17, 15) is 14.0 Å². The number of benzene rings is 1. The van der Waals surface area contributed by atoms with Crippen LogP contribution >= 0.6 is 0 Å². The third kappa shape index (κ3) is 4.29. The van der Waals surface area contributed by atoms with Crippen LogP contribution in [0.3, 0.4) is 0 Å². The van der Waals surface area contributed by atoms with Crippen molar-refractivity contribution in [3.63, 3.8) is 0 Å². The topological polar surface area (TPSA) is 53.1 Å².